The third-order valence-corrected chi connectivity index (χ3v) is 3.62. The maximum absolute atomic E-state index is 13.4. The summed E-state index contributed by atoms with van der Waals surface area (Å²) < 4.78 is 26.1. The average Bonchev–Trinajstić information content (AvgIpc) is 2.38. The maximum Gasteiger partial charge on any atom is 0.224 e. The number of halogens is 2. The van der Waals surface area contributed by atoms with Crippen LogP contribution < -0.4 is 11.1 Å². The molecular weight excluding hydrogens is 250 g/mol. The normalized spacial score (nSPS) is 23.1. The molecule has 0 heterocycles. The molecule has 2 unspecified atom stereocenters. The Balaban J connectivity index is 1.92. The Labute approximate surface area is 111 Å². The van der Waals surface area contributed by atoms with Crippen LogP contribution in [0.2, 0.25) is 0 Å². The van der Waals surface area contributed by atoms with E-state index in [9.17, 15) is 13.6 Å². The van der Waals surface area contributed by atoms with Gasteiger partial charge in [-0.1, -0.05) is 18.9 Å². The minimum atomic E-state index is -0.645. The van der Waals surface area contributed by atoms with E-state index >= 15 is 0 Å². The molecular formula is C14H18F2N2O. The Hall–Kier alpha value is -1.49. The van der Waals surface area contributed by atoms with E-state index in [4.69, 9.17) is 5.73 Å². The average molecular weight is 268 g/mol. The molecule has 1 amide bonds. The quantitative estimate of drug-likeness (QED) is 0.882. The molecule has 1 aliphatic rings. The lowest BCUT2D eigenvalue weighted by molar-refractivity contribution is -0.126. The lowest BCUT2D eigenvalue weighted by Crippen LogP contribution is -2.43. The van der Waals surface area contributed by atoms with Crippen molar-refractivity contribution in [2.24, 2.45) is 11.7 Å². The number of hydrogen-bond acceptors (Lipinski definition) is 2. The van der Waals surface area contributed by atoms with Crippen LogP contribution in [-0.4, -0.2) is 11.9 Å². The standard InChI is InChI=1S/C14H18F2N2O/c15-10-6-5-9(12(16)7-10)8-18-14(19)11-3-1-2-4-13(11)17/h5-7,11,13H,1-4,8,17H2,(H,18,19). The monoisotopic (exact) mass is 268 g/mol. The second kappa shape index (κ2) is 6.10. The van der Waals surface area contributed by atoms with E-state index < -0.39 is 11.6 Å². The van der Waals surface area contributed by atoms with Crippen LogP contribution in [0.3, 0.4) is 0 Å². The molecule has 0 aliphatic heterocycles. The Morgan fingerprint density at radius 2 is 2.05 bits per heavy atom. The highest BCUT2D eigenvalue weighted by molar-refractivity contribution is 5.79. The number of hydrogen-bond donors (Lipinski definition) is 2. The maximum atomic E-state index is 13.4. The van der Waals surface area contributed by atoms with Crippen molar-refractivity contribution in [1.29, 1.82) is 0 Å². The molecule has 104 valence electrons. The first-order chi connectivity index (χ1) is 9.08. The van der Waals surface area contributed by atoms with Crippen molar-refractivity contribution in [2.45, 2.75) is 38.3 Å². The molecule has 3 N–H and O–H groups in total. The number of rotatable bonds is 3. The molecule has 0 radical (unpaired) electrons. The number of carbonyl (C=O) groups is 1. The summed E-state index contributed by atoms with van der Waals surface area (Å²) >= 11 is 0. The largest absolute Gasteiger partial charge is 0.352 e. The van der Waals surface area contributed by atoms with E-state index in [1.165, 1.54) is 12.1 Å². The highest BCUT2D eigenvalue weighted by Gasteiger charge is 2.27. The summed E-state index contributed by atoms with van der Waals surface area (Å²) in [6.07, 6.45) is 3.68. The highest BCUT2D eigenvalue weighted by Crippen LogP contribution is 2.23. The molecule has 0 saturated heterocycles. The molecule has 0 aromatic heterocycles. The Morgan fingerprint density at radius 3 is 2.74 bits per heavy atom. The summed E-state index contributed by atoms with van der Waals surface area (Å²) in [5.41, 5.74) is 6.19. The van der Waals surface area contributed by atoms with Crippen molar-refractivity contribution in [3.8, 4) is 0 Å². The predicted molar refractivity (Wildman–Crippen MR) is 68.1 cm³/mol. The van der Waals surface area contributed by atoms with Gasteiger partial charge in [0.1, 0.15) is 11.6 Å². The Bertz CT molecular complexity index is 465. The summed E-state index contributed by atoms with van der Waals surface area (Å²) in [5, 5.41) is 2.68. The van der Waals surface area contributed by atoms with Crippen molar-refractivity contribution >= 4 is 5.91 Å². The minimum Gasteiger partial charge on any atom is -0.352 e. The predicted octanol–water partition coefficient (Wildman–Crippen LogP) is 2.10. The van der Waals surface area contributed by atoms with Crippen LogP contribution >= 0.6 is 0 Å². The first-order valence-corrected chi connectivity index (χ1v) is 6.55. The summed E-state index contributed by atoms with van der Waals surface area (Å²) in [5.74, 6) is -1.61. The topological polar surface area (TPSA) is 55.1 Å². The van der Waals surface area contributed by atoms with Gasteiger partial charge in [-0.2, -0.15) is 0 Å². The van der Waals surface area contributed by atoms with E-state index in [0.29, 0.717) is 0 Å². The molecule has 0 spiro atoms. The lowest BCUT2D eigenvalue weighted by Gasteiger charge is -2.27. The van der Waals surface area contributed by atoms with E-state index in [1.54, 1.807) is 0 Å². The number of benzene rings is 1. The third kappa shape index (κ3) is 3.50. The van der Waals surface area contributed by atoms with Crippen molar-refractivity contribution in [2.75, 3.05) is 0 Å². The first kappa shape index (κ1) is 13.9. The fourth-order valence-electron chi connectivity index (χ4n) is 2.46. The fourth-order valence-corrected chi connectivity index (χ4v) is 2.46. The third-order valence-electron chi connectivity index (χ3n) is 3.62. The van der Waals surface area contributed by atoms with Crippen LogP contribution in [0, 0.1) is 17.6 Å². The highest BCUT2D eigenvalue weighted by atomic mass is 19.1. The van der Waals surface area contributed by atoms with Crippen LogP contribution in [0.25, 0.3) is 0 Å². The second-order valence-corrected chi connectivity index (χ2v) is 5.01. The molecule has 1 saturated carbocycles. The first-order valence-electron chi connectivity index (χ1n) is 6.55. The van der Waals surface area contributed by atoms with Gasteiger partial charge in [0, 0.05) is 24.2 Å². The molecule has 5 heteroatoms. The van der Waals surface area contributed by atoms with E-state index in [-0.39, 0.29) is 30.0 Å². The van der Waals surface area contributed by atoms with Gasteiger partial charge in [-0.3, -0.25) is 4.79 Å². The second-order valence-electron chi connectivity index (χ2n) is 5.01. The summed E-state index contributed by atoms with van der Waals surface area (Å²) in [4.78, 5) is 12.0. The molecule has 1 aromatic carbocycles. The molecule has 0 bridgehead atoms. The number of nitrogens with one attached hydrogen (secondary N) is 1. The smallest absolute Gasteiger partial charge is 0.224 e. The van der Waals surface area contributed by atoms with E-state index in [2.05, 4.69) is 5.32 Å². The molecule has 2 rings (SSSR count). The number of nitrogens with two attached hydrogens (primary N) is 1. The van der Waals surface area contributed by atoms with Crippen LogP contribution in [0.5, 0.6) is 0 Å². The SMILES string of the molecule is NC1CCCCC1C(=O)NCc1ccc(F)cc1F. The molecule has 1 fully saturated rings. The molecule has 3 nitrogen and oxygen atoms in total. The zero-order valence-corrected chi connectivity index (χ0v) is 10.7. The van der Waals surface area contributed by atoms with Crippen molar-refractivity contribution in [3.05, 3.63) is 35.4 Å². The fraction of sp³-hybridized carbons (Fsp3) is 0.500. The van der Waals surface area contributed by atoms with E-state index in [1.807, 2.05) is 0 Å². The molecule has 1 aliphatic carbocycles. The van der Waals surface area contributed by atoms with Gasteiger partial charge in [0.05, 0.1) is 5.92 Å². The lowest BCUT2D eigenvalue weighted by atomic mass is 9.84. The molecule has 2 atom stereocenters. The van der Waals surface area contributed by atoms with Gasteiger partial charge in [0.15, 0.2) is 0 Å². The summed E-state index contributed by atoms with van der Waals surface area (Å²) in [6.45, 7) is 0.0637. The summed E-state index contributed by atoms with van der Waals surface area (Å²) in [7, 11) is 0. The van der Waals surface area contributed by atoms with E-state index in [0.717, 1.165) is 31.7 Å². The van der Waals surface area contributed by atoms with Gasteiger partial charge in [-0.25, -0.2) is 8.78 Å². The van der Waals surface area contributed by atoms with Crippen LogP contribution in [-0.2, 0) is 11.3 Å². The van der Waals surface area contributed by atoms with Gasteiger partial charge >= 0.3 is 0 Å². The zero-order valence-electron chi connectivity index (χ0n) is 10.7. The van der Waals surface area contributed by atoms with Crippen LogP contribution in [0.1, 0.15) is 31.2 Å². The number of carbonyl (C=O) groups excluding carboxylic acids is 1. The van der Waals surface area contributed by atoms with Gasteiger partial charge in [0.2, 0.25) is 5.91 Å². The summed E-state index contributed by atoms with van der Waals surface area (Å²) in [6, 6.07) is 3.21. The van der Waals surface area contributed by atoms with Crippen LogP contribution in [0.4, 0.5) is 8.78 Å². The minimum absolute atomic E-state index is 0.0637. The van der Waals surface area contributed by atoms with Gasteiger partial charge in [-0.05, 0) is 18.9 Å². The van der Waals surface area contributed by atoms with Crippen molar-refractivity contribution < 1.29 is 13.6 Å². The zero-order chi connectivity index (χ0) is 13.8. The van der Waals surface area contributed by atoms with Gasteiger partial charge in [-0.15, -0.1) is 0 Å². The van der Waals surface area contributed by atoms with Crippen molar-refractivity contribution in [3.63, 3.8) is 0 Å². The Morgan fingerprint density at radius 1 is 1.32 bits per heavy atom. The van der Waals surface area contributed by atoms with Gasteiger partial charge < -0.3 is 11.1 Å². The van der Waals surface area contributed by atoms with Crippen LogP contribution in [0.15, 0.2) is 18.2 Å². The number of amides is 1. The van der Waals surface area contributed by atoms with Crippen molar-refractivity contribution in [1.82, 2.24) is 5.32 Å². The molecule has 1 aromatic rings. The Kier molecular flexibility index (Phi) is 4.47. The molecule has 19 heavy (non-hydrogen) atoms. The van der Waals surface area contributed by atoms with Gasteiger partial charge in [0.25, 0.3) is 0 Å².